The van der Waals surface area contributed by atoms with Gasteiger partial charge in [-0.1, -0.05) is 38.1 Å². The van der Waals surface area contributed by atoms with Crippen LogP contribution in [0.25, 0.3) is 5.57 Å². The molecule has 1 N–H and O–H groups in total. The Hall–Kier alpha value is -3.21. The highest BCUT2D eigenvalue weighted by atomic mass is 16.5. The number of aliphatic hydroxyl groups excluding tert-OH is 1. The fourth-order valence-corrected chi connectivity index (χ4v) is 4.88. The number of ether oxygens (including phenoxy) is 1. The molecule has 1 aliphatic rings. The van der Waals surface area contributed by atoms with E-state index in [-0.39, 0.29) is 29.7 Å². The predicted octanol–water partition coefficient (Wildman–Crippen LogP) is 7.19. The summed E-state index contributed by atoms with van der Waals surface area (Å²) < 4.78 is 4.73. The first kappa shape index (κ1) is 31.0. The largest absolute Gasteiger partial charge is 0.511 e. The zero-order valence-electron chi connectivity index (χ0n) is 25.0. The van der Waals surface area contributed by atoms with Gasteiger partial charge in [-0.05, 0) is 99.9 Å². The Morgan fingerprint density at radius 2 is 1.37 bits per heavy atom. The van der Waals surface area contributed by atoms with Crippen molar-refractivity contribution in [3.05, 3.63) is 74.5 Å². The van der Waals surface area contributed by atoms with Crippen molar-refractivity contribution in [2.75, 3.05) is 7.11 Å². The number of rotatable bonds is 6. The van der Waals surface area contributed by atoms with Crippen LogP contribution in [0.5, 0.6) is 0 Å². The Balaban J connectivity index is 0.000000268. The number of allylic oxidation sites excluding steroid dienone is 2. The van der Waals surface area contributed by atoms with Crippen LogP contribution >= 0.6 is 0 Å². The van der Waals surface area contributed by atoms with Gasteiger partial charge in [0.25, 0.3) is 0 Å². The van der Waals surface area contributed by atoms with Gasteiger partial charge in [0.05, 0.1) is 18.1 Å². The fourth-order valence-electron chi connectivity index (χ4n) is 4.88. The van der Waals surface area contributed by atoms with Crippen LogP contribution in [-0.4, -0.2) is 29.8 Å². The third-order valence-electron chi connectivity index (χ3n) is 7.59. The summed E-state index contributed by atoms with van der Waals surface area (Å²) in [5.74, 6) is -0.00267. The SMILES string of the molecule is COC(=O)C(C)(C)CC(=O)Cc1cc(C)c(C)cc1C.Cc1cc(C)c(C2=C(O)C(C)(C)CC2=O)cc1C. The number of carbonyl (C=O) groups is 3. The van der Waals surface area contributed by atoms with E-state index in [0.29, 0.717) is 18.4 Å². The van der Waals surface area contributed by atoms with E-state index in [1.165, 1.54) is 23.8 Å². The Kier molecular flexibility index (Phi) is 9.53. The number of carbonyl (C=O) groups excluding carboxylic acids is 3. The van der Waals surface area contributed by atoms with Gasteiger partial charge < -0.3 is 9.84 Å². The Morgan fingerprint density at radius 1 is 0.868 bits per heavy atom. The first-order valence-corrected chi connectivity index (χ1v) is 13.1. The number of esters is 1. The Labute approximate surface area is 228 Å². The molecule has 0 unspecified atom stereocenters. The second-order valence-corrected chi connectivity index (χ2v) is 12.1. The fraction of sp³-hybridized carbons (Fsp3) is 0.485. The molecule has 206 valence electrons. The smallest absolute Gasteiger partial charge is 0.311 e. The number of ketones is 2. The summed E-state index contributed by atoms with van der Waals surface area (Å²) in [5, 5.41) is 10.3. The molecule has 0 spiro atoms. The molecule has 5 heteroatoms. The molecule has 5 nitrogen and oxygen atoms in total. The molecule has 0 heterocycles. The quantitative estimate of drug-likeness (QED) is 0.408. The highest BCUT2D eigenvalue weighted by Gasteiger charge is 2.39. The molecule has 0 radical (unpaired) electrons. The molecule has 0 aromatic heterocycles. The van der Waals surface area contributed by atoms with Crippen molar-refractivity contribution in [3.63, 3.8) is 0 Å². The van der Waals surface area contributed by atoms with Crippen LogP contribution in [0, 0.1) is 52.4 Å². The van der Waals surface area contributed by atoms with E-state index in [1.54, 1.807) is 13.8 Å². The van der Waals surface area contributed by atoms with Gasteiger partial charge in [-0.25, -0.2) is 0 Å². The number of methoxy groups -OCH3 is 1. The second kappa shape index (κ2) is 11.7. The first-order chi connectivity index (χ1) is 17.4. The normalized spacial score (nSPS) is 14.8. The van der Waals surface area contributed by atoms with Gasteiger partial charge in [0.2, 0.25) is 0 Å². The molecular weight excluding hydrogens is 476 g/mol. The van der Waals surface area contributed by atoms with Gasteiger partial charge in [0.1, 0.15) is 11.5 Å². The molecule has 0 aliphatic heterocycles. The summed E-state index contributed by atoms with van der Waals surface area (Å²) in [6.07, 6.45) is 0.958. The second-order valence-electron chi connectivity index (χ2n) is 12.1. The Morgan fingerprint density at radius 3 is 1.87 bits per heavy atom. The number of hydrogen-bond donors (Lipinski definition) is 1. The standard InChI is InChI=1S/C17H24O3.C16H20O2/c1-11-7-13(3)14(8-12(11)2)9-15(18)10-17(4,5)16(19)20-6;1-9-6-11(3)12(7-10(9)2)14-13(17)8-16(4,5)15(14)18/h7-8H,9-10H2,1-6H3;6-7,18H,8H2,1-5H3. The van der Waals surface area contributed by atoms with Crippen LogP contribution in [-0.2, 0) is 25.5 Å². The highest BCUT2D eigenvalue weighted by molar-refractivity contribution is 6.24. The molecule has 3 rings (SSSR count). The van der Waals surface area contributed by atoms with E-state index in [2.05, 4.69) is 32.0 Å². The molecule has 38 heavy (non-hydrogen) atoms. The lowest BCUT2D eigenvalue weighted by Crippen LogP contribution is -2.29. The van der Waals surface area contributed by atoms with Crippen LogP contribution in [0.4, 0.5) is 0 Å². The summed E-state index contributed by atoms with van der Waals surface area (Å²) in [6, 6.07) is 8.25. The summed E-state index contributed by atoms with van der Waals surface area (Å²) in [5.41, 5.74) is 8.18. The van der Waals surface area contributed by atoms with Gasteiger partial charge in [0.15, 0.2) is 5.78 Å². The van der Waals surface area contributed by atoms with Crippen molar-refractivity contribution in [1.29, 1.82) is 0 Å². The highest BCUT2D eigenvalue weighted by Crippen LogP contribution is 2.43. The number of Topliss-reactive ketones (excluding diaryl/α,β-unsaturated/α-hetero) is 2. The lowest BCUT2D eigenvalue weighted by atomic mass is 9.85. The number of aliphatic hydroxyl groups is 1. The first-order valence-electron chi connectivity index (χ1n) is 13.1. The summed E-state index contributed by atoms with van der Waals surface area (Å²) in [4.78, 5) is 35.9. The molecule has 0 atom stereocenters. The minimum atomic E-state index is -0.764. The lowest BCUT2D eigenvalue weighted by Gasteiger charge is -2.20. The number of aryl methyl sites for hydroxylation is 6. The van der Waals surface area contributed by atoms with E-state index in [0.717, 1.165) is 27.8 Å². The average Bonchev–Trinajstić information content (AvgIpc) is 3.00. The molecule has 0 bridgehead atoms. The maximum Gasteiger partial charge on any atom is 0.311 e. The van der Waals surface area contributed by atoms with Crippen molar-refractivity contribution in [3.8, 4) is 0 Å². The summed E-state index contributed by atoms with van der Waals surface area (Å²) in [7, 11) is 1.35. The van der Waals surface area contributed by atoms with E-state index in [4.69, 9.17) is 4.74 Å². The van der Waals surface area contributed by atoms with Crippen LogP contribution in [0.1, 0.15) is 85.0 Å². The van der Waals surface area contributed by atoms with Crippen molar-refractivity contribution in [2.24, 2.45) is 10.8 Å². The van der Waals surface area contributed by atoms with E-state index < -0.39 is 10.8 Å². The van der Waals surface area contributed by atoms with Crippen molar-refractivity contribution in [1.82, 2.24) is 0 Å². The number of benzene rings is 2. The topological polar surface area (TPSA) is 80.7 Å². The third-order valence-corrected chi connectivity index (χ3v) is 7.59. The van der Waals surface area contributed by atoms with Crippen molar-refractivity contribution in [2.45, 2.75) is 88.5 Å². The van der Waals surface area contributed by atoms with Gasteiger partial charge in [0, 0.05) is 24.7 Å². The van der Waals surface area contributed by atoms with Crippen LogP contribution in [0.2, 0.25) is 0 Å². The van der Waals surface area contributed by atoms with Crippen molar-refractivity contribution < 1.29 is 24.2 Å². The average molecular weight is 521 g/mol. The molecule has 0 amide bonds. The predicted molar refractivity (Wildman–Crippen MR) is 153 cm³/mol. The maximum absolute atomic E-state index is 12.2. The zero-order chi connectivity index (χ0) is 29.2. The summed E-state index contributed by atoms with van der Waals surface area (Å²) in [6.45, 7) is 19.5. The van der Waals surface area contributed by atoms with Crippen LogP contribution in [0.15, 0.2) is 30.0 Å². The summed E-state index contributed by atoms with van der Waals surface area (Å²) >= 11 is 0. The van der Waals surface area contributed by atoms with Crippen LogP contribution < -0.4 is 0 Å². The van der Waals surface area contributed by atoms with E-state index in [1.807, 2.05) is 47.6 Å². The monoisotopic (exact) mass is 520 g/mol. The van der Waals surface area contributed by atoms with Gasteiger partial charge in [-0.3, -0.25) is 14.4 Å². The van der Waals surface area contributed by atoms with Gasteiger partial charge in [-0.15, -0.1) is 0 Å². The van der Waals surface area contributed by atoms with Crippen LogP contribution in [0.3, 0.4) is 0 Å². The molecule has 0 saturated carbocycles. The van der Waals surface area contributed by atoms with Gasteiger partial charge in [-0.2, -0.15) is 0 Å². The van der Waals surface area contributed by atoms with Gasteiger partial charge >= 0.3 is 5.97 Å². The molecule has 0 saturated heterocycles. The minimum absolute atomic E-state index is 0.0452. The molecular formula is C33H44O5. The van der Waals surface area contributed by atoms with Crippen molar-refractivity contribution >= 4 is 23.1 Å². The molecule has 0 fully saturated rings. The van der Waals surface area contributed by atoms with E-state index >= 15 is 0 Å². The molecule has 2 aromatic rings. The maximum atomic E-state index is 12.2. The molecule has 1 aliphatic carbocycles. The van der Waals surface area contributed by atoms with E-state index in [9.17, 15) is 19.5 Å². The Bertz CT molecular complexity index is 1290. The molecule has 2 aromatic carbocycles. The number of hydrogen-bond acceptors (Lipinski definition) is 5. The minimum Gasteiger partial charge on any atom is -0.511 e. The zero-order valence-corrected chi connectivity index (χ0v) is 25.0. The lowest BCUT2D eigenvalue weighted by molar-refractivity contribution is -0.152. The third kappa shape index (κ3) is 7.00.